The largest absolute Gasteiger partial charge is 0.494 e. The van der Waals surface area contributed by atoms with E-state index in [0.717, 1.165) is 11.3 Å². The highest BCUT2D eigenvalue weighted by Crippen LogP contribution is 2.33. The molecule has 0 spiro atoms. The summed E-state index contributed by atoms with van der Waals surface area (Å²) in [6.45, 7) is 3.45. The van der Waals surface area contributed by atoms with Crippen molar-refractivity contribution in [2.75, 3.05) is 20.8 Å². The lowest BCUT2D eigenvalue weighted by Gasteiger charge is -2.18. The maximum Gasteiger partial charge on any atom is 0.348 e. The third-order valence-electron chi connectivity index (χ3n) is 2.23. The molecule has 1 aromatic heterocycles. The van der Waals surface area contributed by atoms with E-state index in [9.17, 15) is 13.2 Å². The third kappa shape index (κ3) is 4.17. The van der Waals surface area contributed by atoms with Crippen LogP contribution >= 0.6 is 11.3 Å². The van der Waals surface area contributed by atoms with Crippen LogP contribution in [-0.2, 0) is 14.8 Å². The number of carbonyl (C=O) groups excluding carboxylic acids is 1. The third-order valence-corrected chi connectivity index (χ3v) is 5.25. The lowest BCUT2D eigenvalue weighted by atomic mass is 10.1. The van der Waals surface area contributed by atoms with Gasteiger partial charge in [0.2, 0.25) is 0 Å². The Balaban J connectivity index is 3.11. The first-order valence-corrected chi connectivity index (χ1v) is 7.95. The maximum absolute atomic E-state index is 12.2. The van der Waals surface area contributed by atoms with Crippen LogP contribution in [0.15, 0.2) is 10.3 Å². The molecule has 0 aliphatic heterocycles. The fourth-order valence-electron chi connectivity index (χ4n) is 1.23. The number of sulfonamides is 1. The van der Waals surface area contributed by atoms with Crippen molar-refractivity contribution in [1.29, 1.82) is 0 Å². The number of methoxy groups -OCH3 is 2. The SMILES string of the molecule is COC(=O)c1cc(OC)c(S(=O)(=O)NCC(C)(C)N)s1. The lowest BCUT2D eigenvalue weighted by Crippen LogP contribution is -2.44. The van der Waals surface area contributed by atoms with E-state index < -0.39 is 21.5 Å². The van der Waals surface area contributed by atoms with Crippen LogP contribution in [0, 0.1) is 0 Å². The molecule has 0 aliphatic carbocycles. The van der Waals surface area contributed by atoms with Gasteiger partial charge in [0.1, 0.15) is 4.88 Å². The highest BCUT2D eigenvalue weighted by atomic mass is 32.2. The van der Waals surface area contributed by atoms with E-state index in [0.29, 0.717) is 0 Å². The molecule has 0 saturated carbocycles. The van der Waals surface area contributed by atoms with Gasteiger partial charge in [0.05, 0.1) is 14.2 Å². The first-order valence-electron chi connectivity index (χ1n) is 5.65. The molecule has 0 aliphatic rings. The van der Waals surface area contributed by atoms with Crippen LogP contribution in [0.2, 0.25) is 0 Å². The molecular formula is C11H18N2O5S2. The molecule has 0 atom stereocenters. The van der Waals surface area contributed by atoms with Gasteiger partial charge in [-0.25, -0.2) is 17.9 Å². The smallest absolute Gasteiger partial charge is 0.348 e. The number of carbonyl (C=O) groups is 1. The van der Waals surface area contributed by atoms with Gasteiger partial charge in [-0.05, 0) is 13.8 Å². The van der Waals surface area contributed by atoms with Gasteiger partial charge in [0, 0.05) is 18.2 Å². The van der Waals surface area contributed by atoms with Gasteiger partial charge >= 0.3 is 5.97 Å². The van der Waals surface area contributed by atoms with E-state index in [-0.39, 0.29) is 21.4 Å². The summed E-state index contributed by atoms with van der Waals surface area (Å²) in [4.78, 5) is 11.6. The normalized spacial score (nSPS) is 12.2. The standard InChI is InChI=1S/C11H18N2O5S2/c1-11(2,12)6-13-20(15,16)10-7(17-3)5-8(19-10)9(14)18-4/h5,13H,6,12H2,1-4H3. The molecule has 9 heteroatoms. The Labute approximate surface area is 122 Å². The Morgan fingerprint density at radius 1 is 1.45 bits per heavy atom. The van der Waals surface area contributed by atoms with Crippen LogP contribution < -0.4 is 15.2 Å². The molecule has 0 aromatic carbocycles. The van der Waals surface area contributed by atoms with Crippen molar-refractivity contribution in [3.63, 3.8) is 0 Å². The van der Waals surface area contributed by atoms with Crippen LogP contribution in [0.5, 0.6) is 5.75 Å². The van der Waals surface area contributed by atoms with Gasteiger partial charge in [0.15, 0.2) is 9.96 Å². The Bertz CT molecular complexity index is 586. The Morgan fingerprint density at radius 2 is 2.05 bits per heavy atom. The predicted octanol–water partition coefficient (Wildman–Crippen LogP) is 0.559. The molecule has 1 rings (SSSR count). The molecule has 0 saturated heterocycles. The molecule has 7 nitrogen and oxygen atoms in total. The zero-order valence-corrected chi connectivity index (χ0v) is 13.4. The van der Waals surface area contributed by atoms with Crippen molar-refractivity contribution in [2.45, 2.75) is 23.6 Å². The molecule has 3 N–H and O–H groups in total. The number of ether oxygens (including phenoxy) is 2. The van der Waals surface area contributed by atoms with Crippen LogP contribution in [-0.4, -0.2) is 40.7 Å². The van der Waals surface area contributed by atoms with Crippen molar-refractivity contribution in [1.82, 2.24) is 4.72 Å². The summed E-state index contributed by atoms with van der Waals surface area (Å²) in [6, 6.07) is 1.33. The van der Waals surface area contributed by atoms with Crippen molar-refractivity contribution < 1.29 is 22.7 Å². The second-order valence-corrected chi connectivity index (χ2v) is 7.79. The average Bonchev–Trinajstić information content (AvgIpc) is 2.79. The second kappa shape index (κ2) is 6.08. The summed E-state index contributed by atoms with van der Waals surface area (Å²) >= 11 is 0.783. The van der Waals surface area contributed by atoms with E-state index in [4.69, 9.17) is 10.5 Å². The molecule has 1 heterocycles. The quantitative estimate of drug-likeness (QED) is 0.741. The Kier molecular flexibility index (Phi) is 5.14. The molecule has 0 radical (unpaired) electrons. The van der Waals surface area contributed by atoms with E-state index in [1.165, 1.54) is 20.3 Å². The van der Waals surface area contributed by atoms with E-state index in [2.05, 4.69) is 9.46 Å². The molecule has 0 bridgehead atoms. The second-order valence-electron chi connectivity index (χ2n) is 4.77. The molecule has 114 valence electrons. The summed E-state index contributed by atoms with van der Waals surface area (Å²) in [7, 11) is -1.25. The molecule has 0 amide bonds. The number of thiophene rings is 1. The van der Waals surface area contributed by atoms with E-state index in [1.807, 2.05) is 0 Å². The minimum atomic E-state index is -3.80. The molecular weight excluding hydrogens is 304 g/mol. The summed E-state index contributed by atoms with van der Waals surface area (Å²) in [5.74, 6) is -0.522. The predicted molar refractivity (Wildman–Crippen MR) is 75.7 cm³/mol. The number of esters is 1. The summed E-state index contributed by atoms with van der Waals surface area (Å²) in [6.07, 6.45) is 0. The average molecular weight is 322 g/mol. The molecule has 20 heavy (non-hydrogen) atoms. The molecule has 0 fully saturated rings. The van der Waals surface area contributed by atoms with Crippen LogP contribution in [0.3, 0.4) is 0 Å². The maximum atomic E-state index is 12.2. The molecule has 0 unspecified atom stereocenters. The monoisotopic (exact) mass is 322 g/mol. The van der Waals surface area contributed by atoms with Gasteiger partial charge in [-0.1, -0.05) is 0 Å². The highest BCUT2D eigenvalue weighted by molar-refractivity contribution is 7.91. The van der Waals surface area contributed by atoms with Crippen LogP contribution in [0.4, 0.5) is 0 Å². The first-order chi connectivity index (χ1) is 9.10. The van der Waals surface area contributed by atoms with E-state index in [1.54, 1.807) is 13.8 Å². The summed E-state index contributed by atoms with van der Waals surface area (Å²) in [5.41, 5.74) is 5.05. The zero-order valence-electron chi connectivity index (χ0n) is 11.7. The minimum absolute atomic E-state index is 0.0595. The van der Waals surface area contributed by atoms with Crippen molar-refractivity contribution >= 4 is 27.3 Å². The Morgan fingerprint density at radius 3 is 2.50 bits per heavy atom. The topological polar surface area (TPSA) is 108 Å². The van der Waals surface area contributed by atoms with Crippen molar-refractivity contribution in [3.05, 3.63) is 10.9 Å². The fourth-order valence-corrected chi connectivity index (χ4v) is 4.00. The Hall–Kier alpha value is -1.16. The number of hydrogen-bond acceptors (Lipinski definition) is 7. The van der Waals surface area contributed by atoms with E-state index >= 15 is 0 Å². The minimum Gasteiger partial charge on any atom is -0.494 e. The van der Waals surface area contributed by atoms with Crippen LogP contribution in [0.1, 0.15) is 23.5 Å². The number of nitrogens with two attached hydrogens (primary N) is 1. The molecule has 1 aromatic rings. The highest BCUT2D eigenvalue weighted by Gasteiger charge is 2.27. The fraction of sp³-hybridized carbons (Fsp3) is 0.545. The summed E-state index contributed by atoms with van der Waals surface area (Å²) in [5, 5.41) is 0. The number of hydrogen-bond donors (Lipinski definition) is 2. The van der Waals surface area contributed by atoms with Crippen molar-refractivity contribution in [2.24, 2.45) is 5.73 Å². The number of nitrogens with one attached hydrogen (secondary N) is 1. The first kappa shape index (κ1) is 16.9. The van der Waals surface area contributed by atoms with Gasteiger partial charge in [-0.15, -0.1) is 11.3 Å². The van der Waals surface area contributed by atoms with Gasteiger partial charge in [-0.2, -0.15) is 0 Å². The van der Waals surface area contributed by atoms with Gasteiger partial charge < -0.3 is 15.2 Å². The zero-order chi connectivity index (χ0) is 15.6. The van der Waals surface area contributed by atoms with Crippen molar-refractivity contribution in [3.8, 4) is 5.75 Å². The van der Waals surface area contributed by atoms with Gasteiger partial charge in [-0.3, -0.25) is 0 Å². The lowest BCUT2D eigenvalue weighted by molar-refractivity contribution is 0.0606. The number of rotatable bonds is 6. The van der Waals surface area contributed by atoms with Crippen LogP contribution in [0.25, 0.3) is 0 Å². The van der Waals surface area contributed by atoms with Gasteiger partial charge in [0.25, 0.3) is 10.0 Å². The summed E-state index contributed by atoms with van der Waals surface area (Å²) < 4.78 is 36.2.